The van der Waals surface area contributed by atoms with Crippen LogP contribution in [0.1, 0.15) is 15.9 Å². The van der Waals surface area contributed by atoms with Gasteiger partial charge in [0.1, 0.15) is 0 Å². The van der Waals surface area contributed by atoms with Gasteiger partial charge in [-0.3, -0.25) is 4.79 Å². The minimum Gasteiger partial charge on any atom is -0.545 e. The topological polar surface area (TPSA) is 73.0 Å². The van der Waals surface area contributed by atoms with E-state index < -0.39 is 5.97 Å². The molecule has 1 aromatic heterocycles. The summed E-state index contributed by atoms with van der Waals surface area (Å²) in [4.78, 5) is 24.8. The van der Waals surface area contributed by atoms with Crippen molar-refractivity contribution in [1.29, 1.82) is 0 Å². The summed E-state index contributed by atoms with van der Waals surface area (Å²) in [5.74, 6) is -1.41. The van der Waals surface area contributed by atoms with Gasteiger partial charge in [-0.05, 0) is 24.4 Å². The maximum absolute atomic E-state index is 11.4. The quantitative estimate of drug-likeness (QED) is 0.594. The average molecular weight is 260 g/mol. The number of aromatic amines is 1. The van der Waals surface area contributed by atoms with Crippen LogP contribution >= 0.6 is 11.6 Å². The molecule has 0 spiro atoms. The molecule has 82 valence electrons. The summed E-state index contributed by atoms with van der Waals surface area (Å²) in [5, 5.41) is 11.6. The van der Waals surface area contributed by atoms with Crippen molar-refractivity contribution in [2.75, 3.05) is 0 Å². The molecule has 0 saturated heterocycles. The molecule has 17 heavy (non-hydrogen) atoms. The van der Waals surface area contributed by atoms with Crippen molar-refractivity contribution < 1.29 is 39.5 Å². The number of aromatic nitrogens is 1. The van der Waals surface area contributed by atoms with E-state index in [1.807, 2.05) is 0 Å². The van der Waals surface area contributed by atoms with Crippen LogP contribution in [0.25, 0.3) is 10.9 Å². The van der Waals surface area contributed by atoms with Crippen LogP contribution in [0.3, 0.4) is 0 Å². The molecule has 6 heteroatoms. The fourth-order valence-corrected chi connectivity index (χ4v) is 1.79. The number of aromatic carboxylic acids is 1. The molecule has 0 aliphatic rings. The van der Waals surface area contributed by atoms with Crippen molar-refractivity contribution >= 4 is 28.5 Å². The Labute approximate surface area is 124 Å². The van der Waals surface area contributed by atoms with Gasteiger partial charge in [0.05, 0.1) is 16.5 Å². The number of carbonyl (C=O) groups excluding carboxylic acids is 1. The zero-order valence-electron chi connectivity index (χ0n) is 9.33. The van der Waals surface area contributed by atoms with E-state index in [1.54, 1.807) is 19.1 Å². The summed E-state index contributed by atoms with van der Waals surface area (Å²) in [6.45, 7) is 1.64. The van der Waals surface area contributed by atoms with Gasteiger partial charge in [0.15, 0.2) is 0 Å². The van der Waals surface area contributed by atoms with Crippen LogP contribution < -0.4 is 40.2 Å². The average Bonchev–Trinajstić information content (AvgIpc) is 2.20. The van der Waals surface area contributed by atoms with Crippen molar-refractivity contribution in [3.63, 3.8) is 0 Å². The maximum atomic E-state index is 11.4. The maximum Gasteiger partial charge on any atom is 1.00 e. The first-order valence-corrected chi connectivity index (χ1v) is 4.92. The van der Waals surface area contributed by atoms with E-state index in [2.05, 4.69) is 4.98 Å². The molecule has 0 amide bonds. The number of nitrogens with one attached hydrogen (secondary N) is 1. The molecule has 2 rings (SSSR count). The fraction of sp³-hybridized carbons (Fsp3) is 0.0909. The molecule has 0 aliphatic carbocycles. The summed E-state index contributed by atoms with van der Waals surface area (Å²) in [6.07, 6.45) is 0. The number of carbonyl (C=O) groups is 1. The third kappa shape index (κ3) is 2.55. The summed E-state index contributed by atoms with van der Waals surface area (Å²) in [7, 11) is 0. The van der Waals surface area contributed by atoms with Crippen LogP contribution in [-0.4, -0.2) is 11.0 Å². The first-order chi connectivity index (χ1) is 7.50. The Kier molecular flexibility index (Phi) is 4.38. The molecule has 2 aromatic rings. The van der Waals surface area contributed by atoms with Crippen molar-refractivity contribution in [1.82, 2.24) is 4.98 Å². The number of fused-ring (bicyclic) bond motifs is 1. The van der Waals surface area contributed by atoms with Crippen molar-refractivity contribution in [2.45, 2.75) is 6.92 Å². The number of aryl methyl sites for hydroxylation is 1. The number of carboxylic acids is 1. The van der Waals surface area contributed by atoms with Gasteiger partial charge in [-0.1, -0.05) is 17.7 Å². The van der Waals surface area contributed by atoms with Gasteiger partial charge >= 0.3 is 29.6 Å². The Balaban J connectivity index is 0.00000144. The van der Waals surface area contributed by atoms with E-state index in [0.29, 0.717) is 10.9 Å². The van der Waals surface area contributed by atoms with Gasteiger partial charge in [-0.2, -0.15) is 0 Å². The predicted octanol–water partition coefficient (Wildman–Crippen LogP) is -2.14. The Morgan fingerprint density at radius 2 is 2.06 bits per heavy atom. The van der Waals surface area contributed by atoms with Gasteiger partial charge < -0.3 is 14.9 Å². The molecule has 0 atom stereocenters. The normalized spacial score (nSPS) is 10.0. The van der Waals surface area contributed by atoms with Crippen molar-refractivity contribution in [3.05, 3.63) is 44.7 Å². The molecule has 1 aromatic carbocycles. The monoisotopic (exact) mass is 259 g/mol. The van der Waals surface area contributed by atoms with Crippen LogP contribution in [0, 0.1) is 6.92 Å². The van der Waals surface area contributed by atoms with Gasteiger partial charge in [0.25, 0.3) is 5.56 Å². The number of rotatable bonds is 1. The predicted molar refractivity (Wildman–Crippen MR) is 58.6 cm³/mol. The van der Waals surface area contributed by atoms with Crippen molar-refractivity contribution in [2.24, 2.45) is 0 Å². The van der Waals surface area contributed by atoms with E-state index in [1.165, 1.54) is 6.07 Å². The Morgan fingerprint density at radius 1 is 1.41 bits per heavy atom. The molecular weight excluding hydrogens is 253 g/mol. The SMILES string of the molecule is Cc1cc2ccc(Cl)c(C(=O)[O-])c2[nH]c1=O.[Na+]. The fourth-order valence-electron chi connectivity index (χ4n) is 1.56. The van der Waals surface area contributed by atoms with Crippen LogP contribution in [0.2, 0.25) is 5.02 Å². The van der Waals surface area contributed by atoms with E-state index in [9.17, 15) is 14.7 Å². The third-order valence-electron chi connectivity index (χ3n) is 2.36. The number of pyridine rings is 1. The number of hydrogen-bond donors (Lipinski definition) is 1. The summed E-state index contributed by atoms with van der Waals surface area (Å²) < 4.78 is 0. The molecule has 4 nitrogen and oxygen atoms in total. The van der Waals surface area contributed by atoms with Gasteiger partial charge in [0.2, 0.25) is 0 Å². The number of H-pyrrole nitrogens is 1. The zero-order valence-corrected chi connectivity index (χ0v) is 12.1. The number of hydrogen-bond acceptors (Lipinski definition) is 3. The molecule has 0 radical (unpaired) electrons. The Bertz CT molecular complexity index is 651. The standard InChI is InChI=1S/C11H8ClNO3.Na/c1-5-4-6-2-3-7(12)8(11(15)16)9(6)13-10(5)14;/h2-4H,1H3,(H,13,14)(H,15,16);/q;+1/p-1. The van der Waals surface area contributed by atoms with E-state index in [4.69, 9.17) is 11.6 Å². The van der Waals surface area contributed by atoms with E-state index in [0.717, 1.165) is 0 Å². The first-order valence-electron chi connectivity index (χ1n) is 4.54. The number of halogens is 1. The number of benzene rings is 1. The van der Waals surface area contributed by atoms with Gasteiger partial charge in [-0.15, -0.1) is 0 Å². The van der Waals surface area contributed by atoms with Crippen LogP contribution in [0.15, 0.2) is 23.0 Å². The smallest absolute Gasteiger partial charge is 0.545 e. The molecule has 0 bridgehead atoms. The minimum atomic E-state index is -1.41. The summed E-state index contributed by atoms with van der Waals surface area (Å²) in [6, 6.07) is 4.72. The second-order valence-corrected chi connectivity index (χ2v) is 3.86. The molecule has 0 aliphatic heterocycles. The Hall–Kier alpha value is -0.810. The van der Waals surface area contributed by atoms with Gasteiger partial charge in [-0.25, -0.2) is 0 Å². The Morgan fingerprint density at radius 3 is 2.65 bits per heavy atom. The molecule has 0 unspecified atom stereocenters. The van der Waals surface area contributed by atoms with Crippen LogP contribution in [0.4, 0.5) is 0 Å². The molecule has 1 heterocycles. The first kappa shape index (κ1) is 14.3. The summed E-state index contributed by atoms with van der Waals surface area (Å²) >= 11 is 5.75. The van der Waals surface area contributed by atoms with Crippen molar-refractivity contribution in [3.8, 4) is 0 Å². The molecule has 0 fully saturated rings. The summed E-state index contributed by atoms with van der Waals surface area (Å²) in [5.41, 5.74) is 0.191. The third-order valence-corrected chi connectivity index (χ3v) is 2.67. The second-order valence-electron chi connectivity index (χ2n) is 3.46. The molecule has 1 N–H and O–H groups in total. The molecule has 0 saturated carbocycles. The molecular formula is C11H7ClNNaO3. The largest absolute Gasteiger partial charge is 1.00 e. The van der Waals surface area contributed by atoms with Gasteiger partial charge in [0, 0.05) is 11.1 Å². The van der Waals surface area contributed by atoms with E-state index >= 15 is 0 Å². The zero-order chi connectivity index (χ0) is 11.9. The second kappa shape index (κ2) is 5.23. The van der Waals surface area contributed by atoms with E-state index in [-0.39, 0.29) is 51.2 Å². The van der Waals surface area contributed by atoms with Crippen LogP contribution in [-0.2, 0) is 0 Å². The van der Waals surface area contributed by atoms with Crippen LogP contribution in [0.5, 0.6) is 0 Å². The number of carboxylic acid groups (broad SMARTS) is 1. The minimum absolute atomic E-state index is 0.